The molecule has 0 saturated carbocycles. The molecule has 78 valence electrons. The summed E-state index contributed by atoms with van der Waals surface area (Å²) in [5.41, 5.74) is 0. The quantitative estimate of drug-likeness (QED) is 0.596. The molecule has 5 heteroatoms. The minimum Gasteiger partial charge on any atom is -0.494 e. The maximum atomic E-state index is 10.3. The van der Waals surface area contributed by atoms with Gasteiger partial charge >= 0.3 is 0 Å². The summed E-state index contributed by atoms with van der Waals surface area (Å²) in [5, 5.41) is 0. The molecule has 0 spiro atoms. The number of hydrogen-bond acceptors (Lipinski definition) is 3. The van der Waals surface area contributed by atoms with Crippen LogP contribution in [-0.2, 0) is 10.1 Å². The highest BCUT2D eigenvalue weighted by atomic mass is 32.2. The van der Waals surface area contributed by atoms with Crippen LogP contribution in [0.4, 0.5) is 0 Å². The highest BCUT2D eigenvalue weighted by Crippen LogP contribution is 2.08. The van der Waals surface area contributed by atoms with Gasteiger partial charge in [-0.3, -0.25) is 4.55 Å². The third-order valence-electron chi connectivity index (χ3n) is 1.56. The van der Waals surface area contributed by atoms with Gasteiger partial charge in [0.25, 0.3) is 10.1 Å². The molecule has 0 heterocycles. The van der Waals surface area contributed by atoms with E-state index in [1.807, 2.05) is 18.2 Å². The average Bonchev–Trinajstić information content (AvgIpc) is 2.13. The van der Waals surface area contributed by atoms with Gasteiger partial charge in [-0.15, -0.1) is 0 Å². The van der Waals surface area contributed by atoms with Crippen LogP contribution in [0.15, 0.2) is 30.3 Å². The van der Waals surface area contributed by atoms with Crippen molar-refractivity contribution >= 4 is 10.1 Å². The highest BCUT2D eigenvalue weighted by Gasteiger charge is 2.03. The molecule has 0 fully saturated rings. The van der Waals surface area contributed by atoms with E-state index in [1.165, 1.54) is 0 Å². The van der Waals surface area contributed by atoms with Gasteiger partial charge in [0.15, 0.2) is 0 Å². The maximum absolute atomic E-state index is 10.3. The number of para-hydroxylation sites is 1. The lowest BCUT2D eigenvalue weighted by Gasteiger charge is -2.04. The number of benzene rings is 1. The predicted octanol–water partition coefficient (Wildman–Crippen LogP) is 1.34. The third-order valence-corrected chi connectivity index (χ3v) is 2.36. The van der Waals surface area contributed by atoms with Crippen molar-refractivity contribution in [2.45, 2.75) is 6.42 Å². The van der Waals surface area contributed by atoms with Crippen molar-refractivity contribution in [2.75, 3.05) is 12.4 Å². The molecule has 0 aromatic heterocycles. The van der Waals surface area contributed by atoms with E-state index >= 15 is 0 Å². The van der Waals surface area contributed by atoms with Crippen LogP contribution in [0.2, 0.25) is 0 Å². The van der Waals surface area contributed by atoms with Gasteiger partial charge in [-0.1, -0.05) is 18.2 Å². The molecule has 4 nitrogen and oxygen atoms in total. The Bertz CT molecular complexity index is 358. The van der Waals surface area contributed by atoms with Crippen LogP contribution in [0.1, 0.15) is 6.42 Å². The molecule has 1 N–H and O–H groups in total. The van der Waals surface area contributed by atoms with Crippen LogP contribution in [0, 0.1) is 0 Å². The van der Waals surface area contributed by atoms with E-state index in [-0.39, 0.29) is 18.8 Å². The summed E-state index contributed by atoms with van der Waals surface area (Å²) >= 11 is 0. The summed E-state index contributed by atoms with van der Waals surface area (Å²) in [6.07, 6.45) is 0.285. The summed E-state index contributed by atoms with van der Waals surface area (Å²) in [4.78, 5) is 0. The van der Waals surface area contributed by atoms with Crippen molar-refractivity contribution in [3.8, 4) is 5.75 Å². The summed E-state index contributed by atoms with van der Waals surface area (Å²) in [7, 11) is -3.86. The first-order valence-corrected chi connectivity index (χ1v) is 5.82. The molecule has 0 aliphatic carbocycles. The monoisotopic (exact) mass is 216 g/mol. The molecule has 0 radical (unpaired) electrons. The zero-order chi connectivity index (χ0) is 10.4. The van der Waals surface area contributed by atoms with Crippen molar-refractivity contribution in [2.24, 2.45) is 0 Å². The molecule has 0 bridgehead atoms. The van der Waals surface area contributed by atoms with Gasteiger partial charge in [-0.2, -0.15) is 8.42 Å². The molecule has 14 heavy (non-hydrogen) atoms. The lowest BCUT2D eigenvalue weighted by molar-refractivity contribution is 0.316. The number of ether oxygens (including phenoxy) is 1. The Balaban J connectivity index is 2.23. The average molecular weight is 216 g/mol. The van der Waals surface area contributed by atoms with E-state index < -0.39 is 10.1 Å². The Kier molecular flexibility index (Phi) is 3.91. The fraction of sp³-hybridized carbons (Fsp3) is 0.333. The Morgan fingerprint density at radius 2 is 1.86 bits per heavy atom. The van der Waals surface area contributed by atoms with Crippen LogP contribution < -0.4 is 4.74 Å². The molecule has 1 aromatic carbocycles. The highest BCUT2D eigenvalue weighted by molar-refractivity contribution is 7.85. The lowest BCUT2D eigenvalue weighted by atomic mass is 10.3. The van der Waals surface area contributed by atoms with Crippen molar-refractivity contribution in [1.82, 2.24) is 0 Å². The minimum absolute atomic E-state index is 0.264. The van der Waals surface area contributed by atoms with Gasteiger partial charge in [0.05, 0.1) is 12.4 Å². The summed E-state index contributed by atoms with van der Waals surface area (Å²) in [5.74, 6) is 0.433. The van der Waals surface area contributed by atoms with Crippen LogP contribution in [0.25, 0.3) is 0 Å². The number of rotatable bonds is 5. The Morgan fingerprint density at radius 1 is 1.21 bits per heavy atom. The van der Waals surface area contributed by atoms with E-state index in [9.17, 15) is 8.42 Å². The lowest BCUT2D eigenvalue weighted by Crippen LogP contribution is -2.08. The van der Waals surface area contributed by atoms with E-state index in [4.69, 9.17) is 9.29 Å². The molecule has 0 aliphatic rings. The fourth-order valence-corrected chi connectivity index (χ4v) is 1.43. The van der Waals surface area contributed by atoms with E-state index in [0.717, 1.165) is 0 Å². The Hall–Kier alpha value is -1.07. The third kappa shape index (κ3) is 4.84. The van der Waals surface area contributed by atoms with Crippen molar-refractivity contribution in [1.29, 1.82) is 0 Å². The van der Waals surface area contributed by atoms with Crippen LogP contribution >= 0.6 is 0 Å². The largest absolute Gasteiger partial charge is 0.494 e. The van der Waals surface area contributed by atoms with Crippen molar-refractivity contribution in [3.63, 3.8) is 0 Å². The first-order valence-electron chi connectivity index (χ1n) is 4.21. The molecule has 0 atom stereocenters. The molecule has 1 rings (SSSR count). The second-order valence-electron chi connectivity index (χ2n) is 2.80. The van der Waals surface area contributed by atoms with Gasteiger partial charge < -0.3 is 4.74 Å². The zero-order valence-corrected chi connectivity index (χ0v) is 8.40. The predicted molar refractivity (Wildman–Crippen MR) is 53.0 cm³/mol. The maximum Gasteiger partial charge on any atom is 0.264 e. The normalized spacial score (nSPS) is 11.2. The Labute approximate surface area is 83.3 Å². The van der Waals surface area contributed by atoms with Gasteiger partial charge in [-0.05, 0) is 18.6 Å². The van der Waals surface area contributed by atoms with Gasteiger partial charge in [-0.25, -0.2) is 0 Å². The van der Waals surface area contributed by atoms with Gasteiger partial charge in [0.2, 0.25) is 0 Å². The standard InChI is InChI=1S/C9H12O4S/c10-14(11,12)8-4-7-13-9-5-2-1-3-6-9/h1-3,5-6H,4,7-8H2,(H,10,11,12). The zero-order valence-electron chi connectivity index (χ0n) is 7.59. The van der Waals surface area contributed by atoms with E-state index in [1.54, 1.807) is 12.1 Å². The first kappa shape index (κ1) is 11.0. The summed E-state index contributed by atoms with van der Waals surface area (Å²) < 4.78 is 34.3. The molecule has 1 aromatic rings. The summed E-state index contributed by atoms with van der Waals surface area (Å²) in [6.45, 7) is 0.282. The molecule has 0 saturated heterocycles. The van der Waals surface area contributed by atoms with Crippen LogP contribution in [0.3, 0.4) is 0 Å². The second-order valence-corrected chi connectivity index (χ2v) is 4.37. The summed E-state index contributed by atoms with van der Waals surface area (Å²) in [6, 6.07) is 9.10. The topological polar surface area (TPSA) is 63.6 Å². The molecule has 0 amide bonds. The Morgan fingerprint density at radius 3 is 2.43 bits per heavy atom. The number of hydrogen-bond donors (Lipinski definition) is 1. The minimum atomic E-state index is -3.86. The molecular formula is C9H12O4S. The van der Waals surface area contributed by atoms with E-state index in [2.05, 4.69) is 0 Å². The van der Waals surface area contributed by atoms with Crippen molar-refractivity contribution in [3.05, 3.63) is 30.3 Å². The fourth-order valence-electron chi connectivity index (χ4n) is 0.948. The molecular weight excluding hydrogens is 204 g/mol. The first-order chi connectivity index (χ1) is 6.58. The van der Waals surface area contributed by atoms with Gasteiger partial charge in [0.1, 0.15) is 5.75 Å². The van der Waals surface area contributed by atoms with Crippen LogP contribution in [0.5, 0.6) is 5.75 Å². The van der Waals surface area contributed by atoms with E-state index in [0.29, 0.717) is 5.75 Å². The second kappa shape index (κ2) is 4.97. The molecule has 0 unspecified atom stereocenters. The molecule has 0 aliphatic heterocycles. The van der Waals surface area contributed by atoms with Crippen molar-refractivity contribution < 1.29 is 17.7 Å². The smallest absolute Gasteiger partial charge is 0.264 e. The van der Waals surface area contributed by atoms with Crippen LogP contribution in [-0.4, -0.2) is 25.3 Å². The van der Waals surface area contributed by atoms with Gasteiger partial charge in [0, 0.05) is 0 Å². The SMILES string of the molecule is O=S(=O)(O)CCCOc1ccccc1.